The molecule has 3 aromatic rings. The van der Waals surface area contributed by atoms with Gasteiger partial charge in [0, 0.05) is 24.2 Å². The molecule has 128 valence electrons. The quantitative estimate of drug-likeness (QED) is 0.755. The maximum absolute atomic E-state index is 13.0. The first kappa shape index (κ1) is 16.7. The van der Waals surface area contributed by atoms with Gasteiger partial charge in [-0.1, -0.05) is 24.9 Å². The summed E-state index contributed by atoms with van der Waals surface area (Å²) in [7, 11) is 3.74. The smallest absolute Gasteiger partial charge is 0.272 e. The fourth-order valence-electron chi connectivity index (χ4n) is 2.92. The molecule has 0 radical (unpaired) electrons. The van der Waals surface area contributed by atoms with Crippen molar-refractivity contribution in [2.75, 3.05) is 14.1 Å². The minimum absolute atomic E-state index is 0.0519. The number of phenols is 2. The lowest BCUT2D eigenvalue weighted by atomic mass is 10.0. The van der Waals surface area contributed by atoms with Crippen molar-refractivity contribution < 1.29 is 14.6 Å². The van der Waals surface area contributed by atoms with Crippen molar-refractivity contribution >= 4 is 28.3 Å². The van der Waals surface area contributed by atoms with E-state index < -0.39 is 5.56 Å². The molecule has 0 fully saturated rings. The molecule has 1 aromatic carbocycles. The van der Waals surface area contributed by atoms with Crippen LogP contribution in [0.15, 0.2) is 21.3 Å². The maximum Gasteiger partial charge on any atom is 0.272 e. The van der Waals surface area contributed by atoms with E-state index in [1.807, 2.05) is 25.9 Å². The number of halogens is 1. The summed E-state index contributed by atoms with van der Waals surface area (Å²) in [5, 5.41) is 21.1. The average molecular weight is 351 g/mol. The molecule has 0 atom stereocenters. The highest BCUT2D eigenvalue weighted by molar-refractivity contribution is 6.31. The monoisotopic (exact) mass is 350 g/mol. The van der Waals surface area contributed by atoms with E-state index in [0.29, 0.717) is 29.2 Å². The van der Waals surface area contributed by atoms with Gasteiger partial charge < -0.3 is 19.5 Å². The van der Waals surface area contributed by atoms with Gasteiger partial charge in [-0.3, -0.25) is 4.79 Å². The molecule has 7 heteroatoms. The molecule has 0 saturated carbocycles. The van der Waals surface area contributed by atoms with E-state index in [1.165, 1.54) is 10.5 Å². The molecule has 24 heavy (non-hydrogen) atoms. The molecular formula is C17H19ClN2O4. The van der Waals surface area contributed by atoms with Crippen LogP contribution in [0.5, 0.6) is 11.5 Å². The third-order valence-electron chi connectivity index (χ3n) is 3.96. The van der Waals surface area contributed by atoms with Crippen molar-refractivity contribution in [1.82, 2.24) is 9.30 Å². The van der Waals surface area contributed by atoms with Crippen LogP contribution in [-0.4, -0.2) is 33.6 Å². The molecule has 0 aliphatic heterocycles. The Bertz CT molecular complexity index is 988. The molecule has 0 unspecified atom stereocenters. The molecule has 2 heterocycles. The first-order valence-corrected chi connectivity index (χ1v) is 8.08. The van der Waals surface area contributed by atoms with Crippen molar-refractivity contribution in [2.24, 2.45) is 0 Å². The van der Waals surface area contributed by atoms with Crippen molar-refractivity contribution in [1.29, 1.82) is 0 Å². The van der Waals surface area contributed by atoms with E-state index in [0.717, 1.165) is 6.42 Å². The average Bonchev–Trinajstić information content (AvgIpc) is 2.78. The summed E-state index contributed by atoms with van der Waals surface area (Å²) in [5.41, 5.74) is 0.940. The minimum atomic E-state index is -0.412. The lowest BCUT2D eigenvalue weighted by molar-refractivity contribution is 0.394. The van der Waals surface area contributed by atoms with Gasteiger partial charge in [-0.05, 0) is 20.5 Å². The van der Waals surface area contributed by atoms with Crippen LogP contribution in [0.1, 0.15) is 24.6 Å². The standard InChI is InChI=1S/C17H19ClN2O4/c1-4-5-9-12(21)7-13-15(16(9)22)17(23)20-11(8-19(2)3)10(18)6-14(20)24-13/h6-7,21-22H,4-5,8H2,1-3H3. The van der Waals surface area contributed by atoms with E-state index in [4.69, 9.17) is 16.0 Å². The molecule has 2 aromatic heterocycles. The zero-order valence-corrected chi connectivity index (χ0v) is 14.5. The Morgan fingerprint density at radius 2 is 2.00 bits per heavy atom. The molecule has 0 aliphatic rings. The van der Waals surface area contributed by atoms with Gasteiger partial charge in [0.1, 0.15) is 22.5 Å². The summed E-state index contributed by atoms with van der Waals surface area (Å²) in [4.78, 5) is 14.9. The van der Waals surface area contributed by atoms with E-state index in [1.54, 1.807) is 6.07 Å². The van der Waals surface area contributed by atoms with Crippen molar-refractivity contribution in [3.63, 3.8) is 0 Å². The normalized spacial score (nSPS) is 11.9. The highest BCUT2D eigenvalue weighted by atomic mass is 35.5. The summed E-state index contributed by atoms with van der Waals surface area (Å²) < 4.78 is 7.08. The Labute approximate surface area is 143 Å². The first-order chi connectivity index (χ1) is 11.3. The van der Waals surface area contributed by atoms with Gasteiger partial charge >= 0.3 is 0 Å². The van der Waals surface area contributed by atoms with E-state index >= 15 is 0 Å². The zero-order chi connectivity index (χ0) is 17.6. The van der Waals surface area contributed by atoms with Crippen LogP contribution in [0.4, 0.5) is 0 Å². The Morgan fingerprint density at radius 1 is 1.29 bits per heavy atom. The summed E-state index contributed by atoms with van der Waals surface area (Å²) in [6.45, 7) is 2.37. The topological polar surface area (TPSA) is 78.3 Å². The van der Waals surface area contributed by atoms with Crippen LogP contribution in [0.25, 0.3) is 16.7 Å². The first-order valence-electron chi connectivity index (χ1n) is 7.70. The van der Waals surface area contributed by atoms with Crippen LogP contribution in [0.2, 0.25) is 5.02 Å². The fraction of sp³-hybridized carbons (Fsp3) is 0.353. The fourth-order valence-corrected chi connectivity index (χ4v) is 3.16. The Kier molecular flexibility index (Phi) is 4.19. The van der Waals surface area contributed by atoms with Crippen LogP contribution in [-0.2, 0) is 13.0 Å². The van der Waals surface area contributed by atoms with E-state index in [2.05, 4.69) is 0 Å². The van der Waals surface area contributed by atoms with Gasteiger partial charge in [-0.25, -0.2) is 4.40 Å². The maximum atomic E-state index is 13.0. The number of aromatic hydroxyl groups is 2. The Balaban J connectivity index is 2.43. The number of benzene rings is 1. The number of rotatable bonds is 4. The molecule has 6 nitrogen and oxygen atoms in total. The summed E-state index contributed by atoms with van der Waals surface area (Å²) in [6.07, 6.45) is 1.18. The summed E-state index contributed by atoms with van der Waals surface area (Å²) in [6, 6.07) is 2.93. The van der Waals surface area contributed by atoms with Gasteiger partial charge in [0.25, 0.3) is 5.56 Å². The second-order valence-electron chi connectivity index (χ2n) is 6.10. The van der Waals surface area contributed by atoms with Gasteiger partial charge in [0.15, 0.2) is 0 Å². The van der Waals surface area contributed by atoms with E-state index in [9.17, 15) is 15.0 Å². The number of hydrogen-bond acceptors (Lipinski definition) is 5. The molecule has 3 rings (SSSR count). The zero-order valence-electron chi connectivity index (χ0n) is 13.8. The number of phenolic OH excluding ortho intramolecular Hbond substituents is 2. The molecular weight excluding hydrogens is 332 g/mol. The molecule has 0 saturated heterocycles. The lowest BCUT2D eigenvalue weighted by Crippen LogP contribution is -2.20. The van der Waals surface area contributed by atoms with Crippen LogP contribution >= 0.6 is 11.6 Å². The summed E-state index contributed by atoms with van der Waals surface area (Å²) >= 11 is 6.25. The Hall–Kier alpha value is -2.18. The summed E-state index contributed by atoms with van der Waals surface area (Å²) in [5.74, 6) is -0.316. The third kappa shape index (κ3) is 2.52. The van der Waals surface area contributed by atoms with E-state index in [-0.39, 0.29) is 28.2 Å². The van der Waals surface area contributed by atoms with Crippen LogP contribution in [0.3, 0.4) is 0 Å². The molecule has 0 bridgehead atoms. The van der Waals surface area contributed by atoms with Gasteiger partial charge in [-0.2, -0.15) is 0 Å². The highest BCUT2D eigenvalue weighted by Gasteiger charge is 2.21. The Morgan fingerprint density at radius 3 is 2.62 bits per heavy atom. The molecule has 0 aliphatic carbocycles. The minimum Gasteiger partial charge on any atom is -0.507 e. The van der Waals surface area contributed by atoms with Crippen molar-refractivity contribution in [3.05, 3.63) is 38.8 Å². The SMILES string of the molecule is CCCc1c(O)cc2oc3cc(Cl)c(CN(C)C)n3c(=O)c2c1O. The number of fused-ring (bicyclic) bond motifs is 2. The van der Waals surface area contributed by atoms with Crippen LogP contribution < -0.4 is 5.56 Å². The predicted octanol–water partition coefficient (Wildman–Crippen LogP) is 3.12. The number of hydrogen-bond donors (Lipinski definition) is 2. The van der Waals surface area contributed by atoms with Gasteiger partial charge in [0.05, 0.1) is 10.7 Å². The molecule has 0 amide bonds. The predicted molar refractivity (Wildman–Crippen MR) is 93.2 cm³/mol. The largest absolute Gasteiger partial charge is 0.507 e. The lowest BCUT2D eigenvalue weighted by Gasteiger charge is -2.12. The molecule has 2 N–H and O–H groups in total. The number of aromatic nitrogens is 1. The third-order valence-corrected chi connectivity index (χ3v) is 4.29. The van der Waals surface area contributed by atoms with Crippen LogP contribution in [0, 0.1) is 0 Å². The highest BCUT2D eigenvalue weighted by Crippen LogP contribution is 2.36. The molecule has 0 spiro atoms. The number of nitrogens with zero attached hydrogens (tertiary/aromatic N) is 2. The van der Waals surface area contributed by atoms with Crippen molar-refractivity contribution in [2.45, 2.75) is 26.3 Å². The van der Waals surface area contributed by atoms with Gasteiger partial charge in [0.2, 0.25) is 5.71 Å². The van der Waals surface area contributed by atoms with Crippen molar-refractivity contribution in [3.8, 4) is 11.5 Å². The second-order valence-corrected chi connectivity index (χ2v) is 6.51. The second kappa shape index (κ2) is 6.03. The van der Waals surface area contributed by atoms with Gasteiger partial charge in [-0.15, -0.1) is 0 Å².